The van der Waals surface area contributed by atoms with Gasteiger partial charge in [-0.15, -0.1) is 5.10 Å². The first-order chi connectivity index (χ1) is 9.74. The molecule has 11 heteroatoms. The second-order valence-electron chi connectivity index (χ2n) is 4.53. The van der Waals surface area contributed by atoms with Gasteiger partial charge in [-0.05, 0) is 13.8 Å². The fourth-order valence-electron chi connectivity index (χ4n) is 1.67. The maximum absolute atomic E-state index is 11.9. The highest BCUT2D eigenvalue weighted by molar-refractivity contribution is 7.92. The normalized spacial score (nSPS) is 11.4. The van der Waals surface area contributed by atoms with Crippen molar-refractivity contribution >= 4 is 27.4 Å². The number of carbonyl (C=O) groups is 1. The summed E-state index contributed by atoms with van der Waals surface area (Å²) in [4.78, 5) is 11.9. The zero-order chi connectivity index (χ0) is 15.6. The van der Waals surface area contributed by atoms with Crippen LogP contribution in [0, 0.1) is 13.8 Å². The van der Waals surface area contributed by atoms with E-state index in [-0.39, 0.29) is 18.3 Å². The Bertz CT molecular complexity index is 742. The fourth-order valence-corrected chi connectivity index (χ4v) is 2.15. The first kappa shape index (κ1) is 15.0. The monoisotopic (exact) mass is 313 g/mol. The van der Waals surface area contributed by atoms with E-state index in [9.17, 15) is 13.2 Å². The number of aromatic nitrogens is 5. The summed E-state index contributed by atoms with van der Waals surface area (Å²) in [7, 11) is -3.42. The van der Waals surface area contributed by atoms with Gasteiger partial charge in [0, 0.05) is 0 Å². The molecule has 0 saturated heterocycles. The lowest BCUT2D eigenvalue weighted by Crippen LogP contribution is -2.19. The van der Waals surface area contributed by atoms with Gasteiger partial charge >= 0.3 is 0 Å². The molecular formula is C10H15N7O3S. The van der Waals surface area contributed by atoms with Crippen molar-refractivity contribution in [2.75, 3.05) is 16.3 Å². The summed E-state index contributed by atoms with van der Waals surface area (Å²) in [5, 5.41) is 16.7. The largest absolute Gasteiger partial charge is 0.321 e. The minimum atomic E-state index is -3.42. The van der Waals surface area contributed by atoms with Crippen molar-refractivity contribution in [2.45, 2.75) is 20.4 Å². The van der Waals surface area contributed by atoms with Crippen molar-refractivity contribution in [2.24, 2.45) is 0 Å². The van der Waals surface area contributed by atoms with Gasteiger partial charge in [0.25, 0.3) is 0 Å². The molecule has 0 fully saturated rings. The lowest BCUT2D eigenvalue weighted by Gasteiger charge is -2.04. The highest BCUT2D eigenvalue weighted by atomic mass is 32.2. The number of rotatable bonds is 5. The Kier molecular flexibility index (Phi) is 3.93. The number of nitrogens with zero attached hydrogens (tertiary/aromatic N) is 4. The molecule has 1 amide bonds. The molecular weight excluding hydrogens is 298 g/mol. The van der Waals surface area contributed by atoms with Gasteiger partial charge in [-0.25, -0.2) is 13.1 Å². The number of aryl methyl sites for hydroxylation is 2. The Labute approximate surface area is 121 Å². The fraction of sp³-hybridized carbons (Fsp3) is 0.400. The Morgan fingerprint density at radius 1 is 1.43 bits per heavy atom. The van der Waals surface area contributed by atoms with Crippen LogP contribution in [0.2, 0.25) is 0 Å². The molecule has 0 atom stereocenters. The van der Waals surface area contributed by atoms with Crippen molar-refractivity contribution in [3.63, 3.8) is 0 Å². The molecule has 0 aromatic carbocycles. The number of hydrogen-bond acceptors (Lipinski definition) is 6. The summed E-state index contributed by atoms with van der Waals surface area (Å²) >= 11 is 0. The summed E-state index contributed by atoms with van der Waals surface area (Å²) in [6, 6.07) is 0. The number of anilines is 2. The predicted molar refractivity (Wildman–Crippen MR) is 75.2 cm³/mol. The lowest BCUT2D eigenvalue weighted by molar-refractivity contribution is -0.116. The van der Waals surface area contributed by atoms with Crippen LogP contribution < -0.4 is 10.0 Å². The average Bonchev–Trinajstić information content (AvgIpc) is 2.88. The standard InChI is InChI=1S/C10H15N7O3S/c1-6-10(7(2)13-12-6)11-9(18)5-17-4-8(14-16-17)15-21(3,19)20/h4,15H,5H2,1-3H3,(H,11,18)(H,12,13). The molecule has 2 aromatic heterocycles. The number of nitrogens with one attached hydrogen (secondary N) is 3. The third-order valence-electron chi connectivity index (χ3n) is 2.53. The van der Waals surface area contributed by atoms with E-state index in [1.54, 1.807) is 13.8 Å². The molecule has 0 spiro atoms. The molecule has 0 bridgehead atoms. The second-order valence-corrected chi connectivity index (χ2v) is 6.28. The average molecular weight is 313 g/mol. The number of carbonyl (C=O) groups excluding carboxylic acids is 1. The van der Waals surface area contributed by atoms with E-state index < -0.39 is 10.0 Å². The van der Waals surface area contributed by atoms with Gasteiger partial charge in [0.1, 0.15) is 6.54 Å². The number of amides is 1. The quantitative estimate of drug-likeness (QED) is 0.689. The summed E-state index contributed by atoms with van der Waals surface area (Å²) in [6.45, 7) is 3.46. The van der Waals surface area contributed by atoms with E-state index in [0.717, 1.165) is 11.9 Å². The maximum atomic E-state index is 11.9. The summed E-state index contributed by atoms with van der Waals surface area (Å²) in [5.74, 6) is -0.264. The Morgan fingerprint density at radius 3 is 2.71 bits per heavy atom. The first-order valence-corrected chi connectivity index (χ1v) is 7.83. The van der Waals surface area contributed by atoms with E-state index in [1.165, 1.54) is 10.9 Å². The summed E-state index contributed by atoms with van der Waals surface area (Å²) < 4.78 is 25.5. The van der Waals surface area contributed by atoms with Gasteiger partial charge in [-0.3, -0.25) is 14.6 Å². The van der Waals surface area contributed by atoms with Crippen molar-refractivity contribution in [3.8, 4) is 0 Å². The van der Waals surface area contributed by atoms with Crippen LogP contribution >= 0.6 is 0 Å². The van der Waals surface area contributed by atoms with Crippen LogP contribution in [0.1, 0.15) is 11.4 Å². The van der Waals surface area contributed by atoms with Crippen LogP contribution in [0.4, 0.5) is 11.5 Å². The van der Waals surface area contributed by atoms with Gasteiger partial charge < -0.3 is 5.32 Å². The Morgan fingerprint density at radius 2 is 2.14 bits per heavy atom. The summed E-state index contributed by atoms with van der Waals surface area (Å²) in [5.41, 5.74) is 2.05. The Balaban J connectivity index is 2.00. The van der Waals surface area contributed by atoms with E-state index in [4.69, 9.17) is 0 Å². The Hall–Kier alpha value is -2.43. The summed E-state index contributed by atoms with van der Waals surface area (Å²) in [6.07, 6.45) is 2.33. The van der Waals surface area contributed by atoms with Gasteiger partial charge in [-0.1, -0.05) is 5.21 Å². The van der Waals surface area contributed by atoms with E-state index in [2.05, 4.69) is 30.5 Å². The number of hydrogen-bond donors (Lipinski definition) is 3. The zero-order valence-corrected chi connectivity index (χ0v) is 12.5. The zero-order valence-electron chi connectivity index (χ0n) is 11.7. The van der Waals surface area contributed by atoms with Crippen molar-refractivity contribution in [3.05, 3.63) is 17.6 Å². The maximum Gasteiger partial charge on any atom is 0.246 e. The van der Waals surface area contributed by atoms with Gasteiger partial charge in [0.15, 0.2) is 5.82 Å². The van der Waals surface area contributed by atoms with Crippen LogP contribution in [0.3, 0.4) is 0 Å². The molecule has 2 aromatic rings. The number of aromatic amines is 1. The van der Waals surface area contributed by atoms with Crippen molar-refractivity contribution in [1.82, 2.24) is 25.2 Å². The first-order valence-electron chi connectivity index (χ1n) is 5.94. The molecule has 0 aliphatic carbocycles. The SMILES string of the molecule is Cc1n[nH]c(C)c1NC(=O)Cn1cc(NS(C)(=O)=O)nn1. The van der Waals surface area contributed by atoms with Gasteiger partial charge in [0.05, 0.1) is 29.5 Å². The van der Waals surface area contributed by atoms with E-state index >= 15 is 0 Å². The topological polar surface area (TPSA) is 135 Å². The second kappa shape index (κ2) is 5.52. The molecule has 21 heavy (non-hydrogen) atoms. The molecule has 0 radical (unpaired) electrons. The van der Waals surface area contributed by atoms with Crippen LogP contribution in [-0.4, -0.2) is 45.8 Å². The van der Waals surface area contributed by atoms with Crippen LogP contribution in [-0.2, 0) is 21.4 Å². The van der Waals surface area contributed by atoms with Crippen molar-refractivity contribution in [1.29, 1.82) is 0 Å². The smallest absolute Gasteiger partial charge is 0.246 e. The van der Waals surface area contributed by atoms with Gasteiger partial charge in [0.2, 0.25) is 15.9 Å². The third-order valence-corrected chi connectivity index (χ3v) is 3.11. The van der Waals surface area contributed by atoms with E-state index in [1.807, 2.05) is 0 Å². The predicted octanol–water partition coefficient (Wildman–Crippen LogP) is -0.372. The van der Waals surface area contributed by atoms with Crippen molar-refractivity contribution < 1.29 is 13.2 Å². The number of sulfonamides is 1. The van der Waals surface area contributed by atoms with Gasteiger partial charge in [-0.2, -0.15) is 5.10 Å². The molecule has 0 unspecified atom stereocenters. The highest BCUT2D eigenvalue weighted by Gasteiger charge is 2.12. The molecule has 114 valence electrons. The molecule has 3 N–H and O–H groups in total. The number of H-pyrrole nitrogens is 1. The van der Waals surface area contributed by atoms with E-state index in [0.29, 0.717) is 11.4 Å². The van der Waals surface area contributed by atoms with Crippen LogP contribution in [0.25, 0.3) is 0 Å². The molecule has 10 nitrogen and oxygen atoms in total. The molecule has 0 aliphatic rings. The molecule has 0 aliphatic heterocycles. The minimum Gasteiger partial charge on any atom is -0.321 e. The van der Waals surface area contributed by atoms with Crippen LogP contribution in [0.5, 0.6) is 0 Å². The van der Waals surface area contributed by atoms with Crippen LogP contribution in [0.15, 0.2) is 6.20 Å². The molecule has 2 rings (SSSR count). The third kappa shape index (κ3) is 4.02. The molecule has 2 heterocycles. The molecule has 0 saturated carbocycles. The minimum absolute atomic E-state index is 0.0565. The lowest BCUT2D eigenvalue weighted by atomic mass is 10.3. The highest BCUT2D eigenvalue weighted by Crippen LogP contribution is 2.15.